The van der Waals surface area contributed by atoms with E-state index in [4.69, 9.17) is 9.47 Å². The molecule has 318 valence electrons. The number of rotatable bonds is 19. The predicted molar refractivity (Wildman–Crippen MR) is 228 cm³/mol. The second-order valence-electron chi connectivity index (χ2n) is 15.7. The number of amides is 2. The summed E-state index contributed by atoms with van der Waals surface area (Å²) in [6, 6.07) is 13.2. The maximum atomic E-state index is 13.7. The number of aliphatic hydroxyl groups excluding tert-OH is 2. The lowest BCUT2D eigenvalue weighted by Crippen LogP contribution is -2.45. The van der Waals surface area contributed by atoms with Crippen LogP contribution in [0.3, 0.4) is 0 Å². The second-order valence-corrected chi connectivity index (χ2v) is 15.7. The van der Waals surface area contributed by atoms with Crippen LogP contribution in [0.4, 0.5) is 11.4 Å². The van der Waals surface area contributed by atoms with Gasteiger partial charge < -0.3 is 30.3 Å². The van der Waals surface area contributed by atoms with Crippen LogP contribution in [0.25, 0.3) is 11.1 Å². The van der Waals surface area contributed by atoms with Gasteiger partial charge in [0.2, 0.25) is 0 Å². The van der Waals surface area contributed by atoms with Crippen molar-refractivity contribution in [1.29, 1.82) is 0 Å². The molecule has 6 N–H and O–H groups in total. The van der Waals surface area contributed by atoms with Gasteiger partial charge in [-0.3, -0.25) is 39.8 Å². The van der Waals surface area contributed by atoms with E-state index in [0.29, 0.717) is 11.4 Å². The SMILES string of the molecule is CCOC(=O)[C@@H](NCc1cnc(C(=O)Nc2cccc(-c3cccc(NC(=O)c4cc(C5CC5)c(CN[C@H](C(=O)OCC)[C@@H](C)O)cn4)c3C)c2C)cc1C1CC1)[C@@H](C)O. The van der Waals surface area contributed by atoms with Gasteiger partial charge in [-0.15, -0.1) is 0 Å². The molecule has 0 unspecified atom stereocenters. The third-order valence-electron chi connectivity index (χ3n) is 11.1. The molecular weight excluding hydrogens is 765 g/mol. The first-order chi connectivity index (χ1) is 28.8. The van der Waals surface area contributed by atoms with Crippen LogP contribution in [0.15, 0.2) is 60.9 Å². The summed E-state index contributed by atoms with van der Waals surface area (Å²) in [6.45, 7) is 11.4. The zero-order chi connectivity index (χ0) is 43.1. The van der Waals surface area contributed by atoms with Gasteiger partial charge in [-0.25, -0.2) is 0 Å². The number of carbonyl (C=O) groups excluding carboxylic acids is 4. The van der Waals surface area contributed by atoms with E-state index in [2.05, 4.69) is 31.2 Å². The number of nitrogens with one attached hydrogen (secondary N) is 4. The molecule has 0 radical (unpaired) electrons. The number of ether oxygens (including phenoxy) is 2. The van der Waals surface area contributed by atoms with Crippen molar-refractivity contribution >= 4 is 35.1 Å². The van der Waals surface area contributed by atoms with Crippen LogP contribution in [0.1, 0.15) is 120 Å². The topological polar surface area (TPSA) is 201 Å². The molecule has 14 nitrogen and oxygen atoms in total. The molecule has 4 aromatic rings. The van der Waals surface area contributed by atoms with Gasteiger partial charge in [-0.1, -0.05) is 24.3 Å². The van der Waals surface area contributed by atoms with E-state index in [1.54, 1.807) is 26.2 Å². The van der Waals surface area contributed by atoms with Gasteiger partial charge in [0.1, 0.15) is 23.5 Å². The number of aromatic nitrogens is 2. The molecule has 2 aromatic carbocycles. The first kappa shape index (κ1) is 44.0. The Bertz CT molecular complexity index is 2060. The zero-order valence-corrected chi connectivity index (χ0v) is 35.1. The fourth-order valence-corrected chi connectivity index (χ4v) is 7.39. The van der Waals surface area contributed by atoms with Crippen LogP contribution in [-0.4, -0.2) is 81.4 Å². The summed E-state index contributed by atoms with van der Waals surface area (Å²) in [5.74, 6) is -1.19. The van der Waals surface area contributed by atoms with E-state index < -0.39 is 36.2 Å². The van der Waals surface area contributed by atoms with Gasteiger partial charge in [0.05, 0.1) is 25.4 Å². The molecule has 60 heavy (non-hydrogen) atoms. The Kier molecular flexibility index (Phi) is 14.4. The average molecular weight is 821 g/mol. The first-order valence-corrected chi connectivity index (χ1v) is 20.8. The summed E-state index contributed by atoms with van der Waals surface area (Å²) in [5.41, 5.74) is 8.90. The standard InChI is InChI=1S/C46H56N6O8/c1-7-59-45(57)41(27(5)53)49-23-31-21-47-39(19-35(31)29-15-16-29)43(55)51-37-13-9-11-33(25(37)3)34-12-10-14-38(26(34)4)52-44(56)40-20-36(30-17-18-30)32(22-48-40)24-50-42(28(6)54)46(58)60-8-2/h9-14,19-22,27-30,41-42,49-50,53-54H,7-8,15-18,23-24H2,1-6H3,(H,51,55)(H,52,56)/t27-,28-,41+,42+/m1/s1. The lowest BCUT2D eigenvalue weighted by Gasteiger charge is -2.21. The van der Waals surface area contributed by atoms with E-state index in [-0.39, 0.29) is 61.3 Å². The number of anilines is 2. The average Bonchev–Trinajstić information content (AvgIpc) is 4.15. The summed E-state index contributed by atoms with van der Waals surface area (Å²) in [5, 5.41) is 32.7. The van der Waals surface area contributed by atoms with Crippen LogP contribution in [0.2, 0.25) is 0 Å². The highest BCUT2D eigenvalue weighted by atomic mass is 16.5. The zero-order valence-electron chi connectivity index (χ0n) is 35.1. The van der Waals surface area contributed by atoms with E-state index in [9.17, 15) is 29.4 Å². The Morgan fingerprint density at radius 1 is 0.667 bits per heavy atom. The van der Waals surface area contributed by atoms with Gasteiger partial charge in [0.15, 0.2) is 0 Å². The Hall–Kier alpha value is -5.54. The largest absolute Gasteiger partial charge is 0.465 e. The Morgan fingerprint density at radius 2 is 1.05 bits per heavy atom. The summed E-state index contributed by atoms with van der Waals surface area (Å²) < 4.78 is 10.2. The van der Waals surface area contributed by atoms with E-state index in [1.165, 1.54) is 13.8 Å². The molecule has 14 heteroatoms. The molecule has 2 aromatic heterocycles. The molecule has 2 aliphatic rings. The molecule has 0 spiro atoms. The van der Waals surface area contributed by atoms with Gasteiger partial charge in [0.25, 0.3) is 11.8 Å². The second kappa shape index (κ2) is 19.7. The molecule has 0 aliphatic heterocycles. The van der Waals surface area contributed by atoms with Crippen molar-refractivity contribution in [3.8, 4) is 11.1 Å². The number of esters is 2. The van der Waals surface area contributed by atoms with E-state index >= 15 is 0 Å². The van der Waals surface area contributed by atoms with E-state index in [1.807, 2.05) is 62.4 Å². The quantitative estimate of drug-likeness (QED) is 0.0620. The minimum absolute atomic E-state index is 0.209. The summed E-state index contributed by atoms with van der Waals surface area (Å²) in [7, 11) is 0. The molecule has 2 fully saturated rings. The number of aliphatic hydroxyl groups is 2. The molecule has 2 saturated carbocycles. The molecule has 4 atom stereocenters. The number of nitrogens with zero attached hydrogens (tertiary/aromatic N) is 2. The lowest BCUT2D eigenvalue weighted by molar-refractivity contribution is -0.149. The van der Waals surface area contributed by atoms with Gasteiger partial charge >= 0.3 is 11.9 Å². The smallest absolute Gasteiger partial charge is 0.325 e. The third kappa shape index (κ3) is 10.6. The maximum absolute atomic E-state index is 13.7. The van der Waals surface area contributed by atoms with Gasteiger partial charge in [-0.05, 0) is 148 Å². The monoisotopic (exact) mass is 820 g/mol. The van der Waals surface area contributed by atoms with Crippen molar-refractivity contribution in [3.05, 3.63) is 106 Å². The highest BCUT2D eigenvalue weighted by Gasteiger charge is 2.31. The summed E-state index contributed by atoms with van der Waals surface area (Å²) >= 11 is 0. The van der Waals surface area contributed by atoms with Gasteiger partial charge in [-0.2, -0.15) is 0 Å². The fourth-order valence-electron chi connectivity index (χ4n) is 7.39. The molecule has 2 aliphatic carbocycles. The molecule has 2 amide bonds. The minimum Gasteiger partial charge on any atom is -0.465 e. The molecule has 0 bridgehead atoms. The van der Waals surface area contributed by atoms with Crippen LogP contribution in [0.5, 0.6) is 0 Å². The van der Waals surface area contributed by atoms with Crippen molar-refractivity contribution in [1.82, 2.24) is 20.6 Å². The molecule has 2 heterocycles. The first-order valence-electron chi connectivity index (χ1n) is 20.8. The maximum Gasteiger partial charge on any atom is 0.325 e. The number of carbonyl (C=O) groups is 4. The third-order valence-corrected chi connectivity index (χ3v) is 11.1. The van der Waals surface area contributed by atoms with Crippen molar-refractivity contribution in [3.63, 3.8) is 0 Å². The highest BCUT2D eigenvalue weighted by Crippen LogP contribution is 2.43. The number of pyridine rings is 2. The van der Waals surface area contributed by atoms with Crippen molar-refractivity contribution in [2.24, 2.45) is 0 Å². The highest BCUT2D eigenvalue weighted by molar-refractivity contribution is 6.05. The number of hydrogen-bond acceptors (Lipinski definition) is 12. The fraction of sp³-hybridized carbons (Fsp3) is 0.435. The Balaban J connectivity index is 1.15. The Morgan fingerprint density at radius 3 is 1.38 bits per heavy atom. The van der Waals surface area contributed by atoms with Gasteiger partial charge in [0, 0.05) is 36.9 Å². The van der Waals surface area contributed by atoms with Crippen LogP contribution in [0, 0.1) is 13.8 Å². The van der Waals surface area contributed by atoms with Crippen LogP contribution in [-0.2, 0) is 32.2 Å². The Labute approximate surface area is 350 Å². The molecule has 6 rings (SSSR count). The van der Waals surface area contributed by atoms with Crippen molar-refractivity contribution < 1.29 is 38.9 Å². The van der Waals surface area contributed by atoms with Crippen LogP contribution >= 0.6 is 0 Å². The number of hydrogen-bond donors (Lipinski definition) is 6. The summed E-state index contributed by atoms with van der Waals surface area (Å²) in [4.78, 5) is 61.1. The minimum atomic E-state index is -0.954. The lowest BCUT2D eigenvalue weighted by atomic mass is 9.94. The van der Waals surface area contributed by atoms with Crippen LogP contribution < -0.4 is 21.3 Å². The molecule has 0 saturated heterocycles. The normalized spacial score (nSPS) is 15.7. The summed E-state index contributed by atoms with van der Waals surface area (Å²) in [6.07, 6.45) is 5.36. The van der Waals surface area contributed by atoms with Crippen molar-refractivity contribution in [2.75, 3.05) is 23.8 Å². The molecular formula is C46H56N6O8. The van der Waals surface area contributed by atoms with Crippen molar-refractivity contribution in [2.45, 2.75) is 116 Å². The number of benzene rings is 2. The predicted octanol–water partition coefficient (Wildman–Crippen LogP) is 5.82. The van der Waals surface area contributed by atoms with E-state index in [0.717, 1.165) is 70.2 Å².